The number of nitriles is 1. The molecule has 5 rings (SSSR count). The number of imide groups is 1. The van der Waals surface area contributed by atoms with Crippen molar-refractivity contribution in [1.82, 2.24) is 9.47 Å². The number of aromatic nitrogens is 1. The molecule has 2 amide bonds. The van der Waals surface area contributed by atoms with E-state index < -0.39 is 0 Å². The second kappa shape index (κ2) is 10.4. The number of benzene rings is 3. The summed E-state index contributed by atoms with van der Waals surface area (Å²) in [5.41, 5.74) is 6.42. The molecule has 0 N–H and O–H groups in total. The minimum atomic E-state index is -0.268. The van der Waals surface area contributed by atoms with Crippen molar-refractivity contribution in [2.45, 2.75) is 27.3 Å². The van der Waals surface area contributed by atoms with Gasteiger partial charge in [-0.05, 0) is 104 Å². The number of hydrogen-bond acceptors (Lipinski definition) is 5. The summed E-state index contributed by atoms with van der Waals surface area (Å²) in [7, 11) is 0. The zero-order valence-electron chi connectivity index (χ0n) is 21.3. The van der Waals surface area contributed by atoms with Crippen LogP contribution in [0.4, 0.5) is 4.79 Å². The van der Waals surface area contributed by atoms with Gasteiger partial charge in [0.25, 0.3) is 11.1 Å². The van der Waals surface area contributed by atoms with Crippen LogP contribution in [0.25, 0.3) is 11.8 Å². The minimum absolute atomic E-state index is 0.255. The van der Waals surface area contributed by atoms with E-state index in [4.69, 9.17) is 10.00 Å². The predicted octanol–water partition coefficient (Wildman–Crippen LogP) is 7.30. The van der Waals surface area contributed by atoms with E-state index >= 15 is 0 Å². The Labute approximate surface area is 225 Å². The van der Waals surface area contributed by atoms with Crippen LogP contribution >= 0.6 is 11.8 Å². The van der Waals surface area contributed by atoms with E-state index in [1.807, 2.05) is 81.4 Å². The van der Waals surface area contributed by atoms with E-state index in [2.05, 4.69) is 10.6 Å². The predicted molar refractivity (Wildman–Crippen MR) is 149 cm³/mol. The maximum Gasteiger partial charge on any atom is 0.293 e. The molecule has 2 heterocycles. The largest absolute Gasteiger partial charge is 0.457 e. The molecule has 0 spiro atoms. The number of amides is 2. The number of carbonyl (C=O) groups excluding carboxylic acids is 2. The van der Waals surface area contributed by atoms with Crippen LogP contribution in [0.1, 0.15) is 33.6 Å². The normalized spacial score (nSPS) is 14.3. The molecule has 4 aromatic rings. The van der Waals surface area contributed by atoms with Crippen molar-refractivity contribution < 1.29 is 14.3 Å². The molecular formula is C31H25N3O3S. The topological polar surface area (TPSA) is 75.3 Å². The molecule has 0 radical (unpaired) electrons. The smallest absolute Gasteiger partial charge is 0.293 e. The number of aryl methyl sites for hydroxylation is 2. The Kier molecular flexibility index (Phi) is 6.91. The van der Waals surface area contributed by atoms with Crippen LogP contribution in [-0.4, -0.2) is 20.6 Å². The number of rotatable bonds is 6. The molecule has 1 aromatic heterocycles. The third kappa shape index (κ3) is 5.13. The Morgan fingerprint density at radius 1 is 0.921 bits per heavy atom. The molecule has 0 aliphatic carbocycles. The first-order valence-corrected chi connectivity index (χ1v) is 12.9. The monoisotopic (exact) mass is 519 g/mol. The van der Waals surface area contributed by atoms with Crippen molar-refractivity contribution >= 4 is 29.0 Å². The summed E-state index contributed by atoms with van der Waals surface area (Å²) in [5, 5.41) is 8.70. The fraction of sp³-hybridized carbons (Fsp3) is 0.129. The van der Waals surface area contributed by atoms with Crippen LogP contribution in [0, 0.1) is 32.1 Å². The third-order valence-electron chi connectivity index (χ3n) is 6.37. The number of carbonyl (C=O) groups is 2. The van der Waals surface area contributed by atoms with Crippen molar-refractivity contribution in [3.63, 3.8) is 0 Å². The average Bonchev–Trinajstić information content (AvgIpc) is 3.33. The number of thioether (sulfide) groups is 1. The first-order chi connectivity index (χ1) is 18.3. The van der Waals surface area contributed by atoms with Crippen LogP contribution in [0.5, 0.6) is 11.5 Å². The highest BCUT2D eigenvalue weighted by atomic mass is 32.2. The van der Waals surface area contributed by atoms with Crippen molar-refractivity contribution in [1.29, 1.82) is 5.26 Å². The Balaban J connectivity index is 1.34. The standard InChI is InChI=1S/C31H25N3O3S/c1-20-5-4-6-24(15-20)19-33-30(35)29(38-31(33)36)17-25-16-21(2)34(22(25)3)26-9-13-28(14-10-26)37-27-11-7-23(18-32)8-12-27/h4-17H,19H2,1-3H3/b29-17-. The molecule has 6 nitrogen and oxygen atoms in total. The fourth-order valence-corrected chi connectivity index (χ4v) is 5.33. The van der Waals surface area contributed by atoms with Gasteiger partial charge in [-0.1, -0.05) is 29.8 Å². The molecule has 188 valence electrons. The van der Waals surface area contributed by atoms with Crippen molar-refractivity contribution in [2.75, 3.05) is 0 Å². The van der Waals surface area contributed by atoms with Gasteiger partial charge in [0.2, 0.25) is 0 Å². The number of nitrogens with zero attached hydrogens (tertiary/aromatic N) is 3. The zero-order valence-corrected chi connectivity index (χ0v) is 22.1. The van der Waals surface area contributed by atoms with Crippen LogP contribution in [0.2, 0.25) is 0 Å². The second-order valence-corrected chi connectivity index (χ2v) is 10.1. The van der Waals surface area contributed by atoms with Gasteiger partial charge in [0.15, 0.2) is 0 Å². The molecule has 3 aromatic carbocycles. The average molecular weight is 520 g/mol. The Morgan fingerprint density at radius 2 is 1.61 bits per heavy atom. The molecule has 0 saturated carbocycles. The van der Waals surface area contributed by atoms with Gasteiger partial charge in [0.1, 0.15) is 11.5 Å². The summed E-state index contributed by atoms with van der Waals surface area (Å²) in [6.45, 7) is 6.26. The van der Waals surface area contributed by atoms with Crippen molar-refractivity contribution in [3.05, 3.63) is 117 Å². The third-order valence-corrected chi connectivity index (χ3v) is 7.28. The first kappa shape index (κ1) is 25.1. The lowest BCUT2D eigenvalue weighted by Gasteiger charge is -2.12. The molecule has 7 heteroatoms. The van der Waals surface area contributed by atoms with Gasteiger partial charge < -0.3 is 9.30 Å². The van der Waals surface area contributed by atoms with Crippen LogP contribution < -0.4 is 4.74 Å². The lowest BCUT2D eigenvalue weighted by atomic mass is 10.1. The summed E-state index contributed by atoms with van der Waals surface area (Å²) >= 11 is 0.980. The van der Waals surface area contributed by atoms with Gasteiger partial charge in [-0.25, -0.2) is 0 Å². The molecule has 1 aliphatic rings. The first-order valence-electron chi connectivity index (χ1n) is 12.1. The summed E-state index contributed by atoms with van der Waals surface area (Å²) in [6.07, 6.45) is 1.81. The molecular weight excluding hydrogens is 494 g/mol. The number of hydrogen-bond donors (Lipinski definition) is 0. The van der Waals surface area contributed by atoms with Gasteiger partial charge in [0, 0.05) is 17.1 Å². The van der Waals surface area contributed by atoms with Crippen LogP contribution in [0.15, 0.2) is 83.8 Å². The molecule has 1 fully saturated rings. The zero-order chi connectivity index (χ0) is 26.8. The van der Waals surface area contributed by atoms with Gasteiger partial charge in [0.05, 0.1) is 23.1 Å². The van der Waals surface area contributed by atoms with E-state index in [1.54, 1.807) is 24.3 Å². The Bertz CT molecular complexity index is 1610. The van der Waals surface area contributed by atoms with Gasteiger partial charge in [-0.3, -0.25) is 14.5 Å². The van der Waals surface area contributed by atoms with Crippen molar-refractivity contribution in [2.24, 2.45) is 0 Å². The summed E-state index contributed by atoms with van der Waals surface area (Å²) in [5.74, 6) is 1.07. The van der Waals surface area contributed by atoms with E-state index in [1.165, 1.54) is 4.90 Å². The summed E-state index contributed by atoms with van der Waals surface area (Å²) in [6, 6.07) is 26.6. The molecule has 1 aliphatic heterocycles. The maximum absolute atomic E-state index is 13.1. The van der Waals surface area contributed by atoms with E-state index in [0.717, 1.165) is 45.5 Å². The van der Waals surface area contributed by atoms with E-state index in [0.29, 0.717) is 22.0 Å². The highest BCUT2D eigenvalue weighted by molar-refractivity contribution is 8.18. The molecule has 0 bridgehead atoms. The van der Waals surface area contributed by atoms with E-state index in [9.17, 15) is 9.59 Å². The SMILES string of the molecule is Cc1cccc(CN2C(=O)S/C(=C\c3cc(C)n(-c4ccc(Oc5ccc(C#N)cc5)cc4)c3C)C2=O)c1. The van der Waals surface area contributed by atoms with Gasteiger partial charge >= 0.3 is 0 Å². The minimum Gasteiger partial charge on any atom is -0.457 e. The van der Waals surface area contributed by atoms with Crippen LogP contribution in [-0.2, 0) is 11.3 Å². The molecule has 38 heavy (non-hydrogen) atoms. The Morgan fingerprint density at radius 3 is 2.26 bits per heavy atom. The quantitative estimate of drug-likeness (QED) is 0.250. The van der Waals surface area contributed by atoms with Gasteiger partial charge in [-0.2, -0.15) is 5.26 Å². The fourth-order valence-electron chi connectivity index (χ4n) is 4.50. The Hall–Kier alpha value is -4.54. The highest BCUT2D eigenvalue weighted by Crippen LogP contribution is 2.35. The second-order valence-electron chi connectivity index (χ2n) is 9.15. The van der Waals surface area contributed by atoms with E-state index in [-0.39, 0.29) is 17.7 Å². The number of ether oxygens (including phenoxy) is 1. The molecule has 1 saturated heterocycles. The molecule has 0 atom stereocenters. The lowest BCUT2D eigenvalue weighted by Crippen LogP contribution is -2.27. The lowest BCUT2D eigenvalue weighted by molar-refractivity contribution is -0.123. The maximum atomic E-state index is 13.1. The van der Waals surface area contributed by atoms with Crippen molar-refractivity contribution in [3.8, 4) is 23.3 Å². The van der Waals surface area contributed by atoms with Gasteiger partial charge in [-0.15, -0.1) is 0 Å². The van der Waals surface area contributed by atoms with Crippen LogP contribution in [0.3, 0.4) is 0 Å². The summed E-state index contributed by atoms with van der Waals surface area (Å²) < 4.78 is 8.00. The highest BCUT2D eigenvalue weighted by Gasteiger charge is 2.35. The molecule has 0 unspecified atom stereocenters. The summed E-state index contributed by atoms with van der Waals surface area (Å²) in [4.78, 5) is 27.5.